The number of nitrogens with one attached hydrogen (secondary N) is 1. The van der Waals surface area contributed by atoms with Gasteiger partial charge in [-0.2, -0.15) is 0 Å². The number of para-hydroxylation sites is 1. The molecule has 0 fully saturated rings. The highest BCUT2D eigenvalue weighted by molar-refractivity contribution is 14.0. The Morgan fingerprint density at radius 3 is 2.54 bits per heavy atom. The normalized spacial score (nSPS) is 10.8. The molecule has 3 N–H and O–H groups in total. The molecule has 24 heavy (non-hydrogen) atoms. The molecule has 0 saturated heterocycles. The number of halogens is 1. The summed E-state index contributed by atoms with van der Waals surface area (Å²) >= 11 is 0. The predicted octanol–water partition coefficient (Wildman–Crippen LogP) is 4.26. The molecule has 130 valence electrons. The van der Waals surface area contributed by atoms with E-state index in [0.717, 1.165) is 25.2 Å². The van der Waals surface area contributed by atoms with Crippen molar-refractivity contribution in [3.05, 3.63) is 60.2 Å². The van der Waals surface area contributed by atoms with Crippen molar-refractivity contribution in [2.24, 2.45) is 10.7 Å². The van der Waals surface area contributed by atoms with Crippen molar-refractivity contribution in [1.82, 2.24) is 0 Å². The third kappa shape index (κ3) is 6.78. The fraction of sp³-hybridized carbons (Fsp3) is 0.316. The summed E-state index contributed by atoms with van der Waals surface area (Å²) in [7, 11) is 0. The number of nitrogens with two attached hydrogens (primary N) is 1. The maximum atomic E-state index is 5.94. The molecule has 2 aromatic rings. The van der Waals surface area contributed by atoms with E-state index >= 15 is 0 Å². The number of guanidine groups is 1. The minimum atomic E-state index is 0. The van der Waals surface area contributed by atoms with Gasteiger partial charge in [-0.05, 0) is 50.1 Å². The van der Waals surface area contributed by atoms with Crippen LogP contribution in [-0.4, -0.2) is 25.6 Å². The van der Waals surface area contributed by atoms with Crippen molar-refractivity contribution in [2.75, 3.05) is 29.9 Å². The van der Waals surface area contributed by atoms with Crippen LogP contribution in [0.3, 0.4) is 0 Å². The number of benzene rings is 2. The first-order chi connectivity index (χ1) is 11.2. The molecule has 0 aromatic heterocycles. The smallest absolute Gasteiger partial charge is 0.193 e. The molecule has 0 bridgehead atoms. The van der Waals surface area contributed by atoms with Crippen molar-refractivity contribution < 1.29 is 0 Å². The largest absolute Gasteiger partial charge is 0.372 e. The predicted molar refractivity (Wildman–Crippen MR) is 116 cm³/mol. The van der Waals surface area contributed by atoms with Crippen molar-refractivity contribution >= 4 is 41.3 Å². The number of aliphatic imine (C=N–C) groups is 1. The van der Waals surface area contributed by atoms with Gasteiger partial charge in [-0.15, -0.1) is 24.0 Å². The Bertz CT molecular complexity index is 628. The quantitative estimate of drug-likeness (QED) is 0.294. The number of hydrogen-bond acceptors (Lipinski definition) is 2. The summed E-state index contributed by atoms with van der Waals surface area (Å²) in [5.74, 6) is 0.471. The summed E-state index contributed by atoms with van der Waals surface area (Å²) in [5.41, 5.74) is 9.37. The fourth-order valence-corrected chi connectivity index (χ4v) is 2.48. The van der Waals surface area contributed by atoms with Crippen LogP contribution in [0, 0.1) is 6.92 Å². The van der Waals surface area contributed by atoms with Gasteiger partial charge in [0.15, 0.2) is 5.96 Å². The minimum Gasteiger partial charge on any atom is -0.372 e. The molecule has 0 aliphatic carbocycles. The Labute approximate surface area is 162 Å². The number of rotatable bonds is 7. The number of anilines is 2. The maximum absolute atomic E-state index is 5.94. The lowest BCUT2D eigenvalue weighted by Gasteiger charge is -2.22. The Hall–Kier alpha value is -1.76. The van der Waals surface area contributed by atoms with Gasteiger partial charge in [-0.3, -0.25) is 4.99 Å². The van der Waals surface area contributed by atoms with Crippen molar-refractivity contribution in [1.29, 1.82) is 0 Å². The molecule has 0 aliphatic rings. The average Bonchev–Trinajstić information content (AvgIpc) is 2.56. The zero-order chi connectivity index (χ0) is 16.5. The van der Waals surface area contributed by atoms with Crippen LogP contribution in [0.25, 0.3) is 0 Å². The van der Waals surface area contributed by atoms with Crippen LogP contribution in [0.2, 0.25) is 0 Å². The first kappa shape index (κ1) is 20.3. The molecule has 0 heterocycles. The second kappa shape index (κ2) is 10.9. The number of aryl methyl sites for hydroxylation is 1. The van der Waals surface area contributed by atoms with Gasteiger partial charge in [0, 0.05) is 31.0 Å². The first-order valence-corrected chi connectivity index (χ1v) is 8.12. The lowest BCUT2D eigenvalue weighted by atomic mass is 10.2. The molecule has 0 unspecified atom stereocenters. The minimum absolute atomic E-state index is 0. The Morgan fingerprint density at radius 2 is 1.88 bits per heavy atom. The van der Waals surface area contributed by atoms with Crippen molar-refractivity contribution in [2.45, 2.75) is 20.3 Å². The van der Waals surface area contributed by atoms with E-state index in [1.807, 2.05) is 18.2 Å². The zero-order valence-corrected chi connectivity index (χ0v) is 16.7. The van der Waals surface area contributed by atoms with Crippen LogP contribution >= 0.6 is 24.0 Å². The molecule has 0 atom stereocenters. The second-order valence-electron chi connectivity index (χ2n) is 5.53. The highest BCUT2D eigenvalue weighted by Crippen LogP contribution is 2.13. The van der Waals surface area contributed by atoms with E-state index in [0.29, 0.717) is 12.5 Å². The molecular formula is C19H27IN4. The van der Waals surface area contributed by atoms with Crippen LogP contribution in [0.4, 0.5) is 11.4 Å². The first-order valence-electron chi connectivity index (χ1n) is 8.12. The summed E-state index contributed by atoms with van der Waals surface area (Å²) in [6.07, 6.45) is 0.971. The summed E-state index contributed by atoms with van der Waals surface area (Å²) in [4.78, 5) is 6.75. The van der Waals surface area contributed by atoms with Crippen LogP contribution in [0.1, 0.15) is 18.9 Å². The van der Waals surface area contributed by atoms with Gasteiger partial charge in [0.25, 0.3) is 0 Å². The van der Waals surface area contributed by atoms with Gasteiger partial charge in [-0.25, -0.2) is 0 Å². The van der Waals surface area contributed by atoms with Gasteiger partial charge in [0.1, 0.15) is 0 Å². The molecule has 0 radical (unpaired) electrons. The standard InChI is InChI=1S/C19H26N4.HI/c1-3-23(18-11-5-4-6-12-18)14-8-13-21-19(20)22-17-10-7-9-16(2)15-17;/h4-7,9-12,15H,3,8,13-14H2,1-2H3,(H3,20,21,22);1H. The van der Waals surface area contributed by atoms with Gasteiger partial charge in [-0.1, -0.05) is 30.3 Å². The SMILES string of the molecule is CCN(CCCN=C(N)Nc1cccc(C)c1)c1ccccc1.I. The van der Waals surface area contributed by atoms with E-state index in [1.165, 1.54) is 11.3 Å². The van der Waals surface area contributed by atoms with E-state index in [2.05, 4.69) is 65.5 Å². The molecule has 0 saturated carbocycles. The second-order valence-corrected chi connectivity index (χ2v) is 5.53. The number of nitrogens with zero attached hydrogens (tertiary/aromatic N) is 2. The molecule has 0 aliphatic heterocycles. The van der Waals surface area contributed by atoms with Crippen LogP contribution in [0.5, 0.6) is 0 Å². The molecule has 2 rings (SSSR count). The lowest BCUT2D eigenvalue weighted by Crippen LogP contribution is -2.26. The van der Waals surface area contributed by atoms with E-state index in [4.69, 9.17) is 5.73 Å². The highest BCUT2D eigenvalue weighted by Gasteiger charge is 2.02. The van der Waals surface area contributed by atoms with Crippen LogP contribution in [-0.2, 0) is 0 Å². The zero-order valence-electron chi connectivity index (χ0n) is 14.4. The van der Waals surface area contributed by atoms with E-state index in [-0.39, 0.29) is 24.0 Å². The molecule has 5 heteroatoms. The third-order valence-electron chi connectivity index (χ3n) is 3.66. The van der Waals surface area contributed by atoms with E-state index in [9.17, 15) is 0 Å². The van der Waals surface area contributed by atoms with Crippen molar-refractivity contribution in [3.63, 3.8) is 0 Å². The summed E-state index contributed by atoms with van der Waals surface area (Å²) < 4.78 is 0. The molecule has 2 aromatic carbocycles. The summed E-state index contributed by atoms with van der Waals surface area (Å²) in [5, 5.41) is 3.13. The average molecular weight is 438 g/mol. The lowest BCUT2D eigenvalue weighted by molar-refractivity contribution is 0.755. The molecule has 0 spiro atoms. The summed E-state index contributed by atoms with van der Waals surface area (Å²) in [6, 6.07) is 18.6. The topological polar surface area (TPSA) is 53.6 Å². The molecule has 4 nitrogen and oxygen atoms in total. The van der Waals surface area contributed by atoms with E-state index in [1.54, 1.807) is 0 Å². The van der Waals surface area contributed by atoms with Crippen LogP contribution < -0.4 is 16.0 Å². The Morgan fingerprint density at radius 1 is 1.12 bits per heavy atom. The fourth-order valence-electron chi connectivity index (χ4n) is 2.48. The molecular weight excluding hydrogens is 411 g/mol. The number of hydrogen-bond donors (Lipinski definition) is 2. The monoisotopic (exact) mass is 438 g/mol. The van der Waals surface area contributed by atoms with Gasteiger partial charge in [0.2, 0.25) is 0 Å². The van der Waals surface area contributed by atoms with Crippen LogP contribution in [0.15, 0.2) is 59.6 Å². The Kier molecular flexibility index (Phi) is 9.22. The summed E-state index contributed by atoms with van der Waals surface area (Å²) in [6.45, 7) is 6.91. The van der Waals surface area contributed by atoms with Gasteiger partial charge < -0.3 is 16.0 Å². The van der Waals surface area contributed by atoms with Crippen molar-refractivity contribution in [3.8, 4) is 0 Å². The molecule has 0 amide bonds. The third-order valence-corrected chi connectivity index (χ3v) is 3.66. The van der Waals surface area contributed by atoms with E-state index < -0.39 is 0 Å². The highest BCUT2D eigenvalue weighted by atomic mass is 127. The van der Waals surface area contributed by atoms with Gasteiger partial charge >= 0.3 is 0 Å². The maximum Gasteiger partial charge on any atom is 0.193 e. The Balaban J connectivity index is 0.00000288. The van der Waals surface area contributed by atoms with Gasteiger partial charge in [0.05, 0.1) is 0 Å².